The zero-order chi connectivity index (χ0) is 26.4. The van der Waals surface area contributed by atoms with Crippen LogP contribution in [0.2, 0.25) is 0 Å². The summed E-state index contributed by atoms with van der Waals surface area (Å²) in [6.07, 6.45) is 2.36. The minimum absolute atomic E-state index is 0.119. The van der Waals surface area contributed by atoms with Gasteiger partial charge in [-0.25, -0.2) is 4.79 Å². The van der Waals surface area contributed by atoms with Gasteiger partial charge in [0.25, 0.3) is 0 Å². The number of carbonyl (C=O) groups is 3. The van der Waals surface area contributed by atoms with Gasteiger partial charge >= 0.3 is 18.0 Å². The van der Waals surface area contributed by atoms with Crippen molar-refractivity contribution >= 4 is 18.0 Å². The van der Waals surface area contributed by atoms with Crippen LogP contribution >= 0.6 is 0 Å². The molecule has 0 aromatic rings. The number of hydrogen-bond donors (Lipinski definition) is 0. The van der Waals surface area contributed by atoms with Crippen LogP contribution in [0.5, 0.6) is 0 Å². The van der Waals surface area contributed by atoms with Gasteiger partial charge in [-0.2, -0.15) is 10.5 Å². The molecule has 0 aromatic heterocycles. The van der Waals surface area contributed by atoms with Crippen molar-refractivity contribution in [3.8, 4) is 24.0 Å². The van der Waals surface area contributed by atoms with E-state index in [2.05, 4.69) is 30.6 Å². The Morgan fingerprint density at radius 2 is 1.71 bits per heavy atom. The molecule has 2 aliphatic heterocycles. The molecule has 0 aromatic carbocycles. The van der Waals surface area contributed by atoms with Gasteiger partial charge in [0.15, 0.2) is 12.0 Å². The van der Waals surface area contributed by atoms with E-state index in [-0.39, 0.29) is 25.7 Å². The van der Waals surface area contributed by atoms with E-state index in [0.717, 1.165) is 0 Å². The first-order valence-electron chi connectivity index (χ1n) is 11.3. The Bertz CT molecular complexity index is 1050. The number of fused-ring (bicyclic) bond motifs is 2. The zero-order valence-corrected chi connectivity index (χ0v) is 20.8. The lowest BCUT2D eigenvalue weighted by molar-refractivity contribution is -0.140. The van der Waals surface area contributed by atoms with E-state index in [1.165, 1.54) is 13.8 Å². The van der Waals surface area contributed by atoms with Crippen LogP contribution in [0.15, 0.2) is 23.8 Å². The maximum absolute atomic E-state index is 13.1. The quantitative estimate of drug-likeness (QED) is 0.244. The predicted octanol–water partition coefficient (Wildman–Crippen LogP) is 3.42. The van der Waals surface area contributed by atoms with Crippen LogP contribution in [0.25, 0.3) is 0 Å². The Kier molecular flexibility index (Phi) is 8.72. The molecule has 0 aliphatic carbocycles. The molecular weight excluding hydrogens is 450 g/mol. The molecule has 0 N–H and O–H groups in total. The molecule has 0 spiro atoms. The number of carbonyl (C=O) groups excluding carboxylic acids is 3. The molecular formula is C26H31N3O6. The second-order valence-corrected chi connectivity index (χ2v) is 9.58. The number of hydrogen-bond acceptors (Lipinski definition) is 8. The average molecular weight is 482 g/mol. The summed E-state index contributed by atoms with van der Waals surface area (Å²) in [6.45, 7) is 11.7. The average Bonchev–Trinajstić information content (AvgIpc) is 3.07. The predicted molar refractivity (Wildman–Crippen MR) is 125 cm³/mol. The summed E-state index contributed by atoms with van der Waals surface area (Å²) in [7, 11) is 0. The van der Waals surface area contributed by atoms with Gasteiger partial charge in [0.2, 0.25) is 0 Å². The van der Waals surface area contributed by atoms with Crippen LogP contribution in [0.4, 0.5) is 4.79 Å². The number of rotatable bonds is 6. The van der Waals surface area contributed by atoms with Crippen LogP contribution in [0.1, 0.15) is 53.9 Å². The second kappa shape index (κ2) is 11.1. The maximum Gasteiger partial charge on any atom is 0.411 e. The lowest BCUT2D eigenvalue weighted by Crippen LogP contribution is -2.51. The molecule has 2 bridgehead atoms. The first-order valence-corrected chi connectivity index (χ1v) is 11.3. The molecule has 1 amide bonds. The molecule has 2 rings (SSSR count). The first-order chi connectivity index (χ1) is 16.3. The van der Waals surface area contributed by atoms with Crippen molar-refractivity contribution < 1.29 is 28.6 Å². The van der Waals surface area contributed by atoms with E-state index < -0.39 is 41.0 Å². The van der Waals surface area contributed by atoms with Gasteiger partial charge in [0.05, 0.1) is 18.2 Å². The summed E-state index contributed by atoms with van der Waals surface area (Å²) in [5.41, 5.74) is -1.39. The monoisotopic (exact) mass is 481 g/mol. The molecule has 2 aliphatic rings. The largest absolute Gasteiger partial charge is 0.461 e. The summed E-state index contributed by atoms with van der Waals surface area (Å²) < 4.78 is 15.6. The molecule has 3 atom stereocenters. The van der Waals surface area contributed by atoms with Crippen molar-refractivity contribution in [2.45, 2.75) is 71.6 Å². The first kappa shape index (κ1) is 27.5. The molecule has 0 saturated carbocycles. The third kappa shape index (κ3) is 6.64. The van der Waals surface area contributed by atoms with Crippen molar-refractivity contribution in [1.29, 1.82) is 10.5 Å². The minimum atomic E-state index is -1.63. The van der Waals surface area contributed by atoms with E-state index in [1.807, 2.05) is 0 Å². The maximum atomic E-state index is 13.1. The van der Waals surface area contributed by atoms with Crippen LogP contribution in [0, 0.1) is 45.8 Å². The standard InChI is InChI=1S/C26H31N3O6/c1-17(14-34-19(3)31)23-21(26(15-27,16-28)11-7-8-12-33-18(2)30)13-20-9-10-22(23)29(20)24(32)35-25(4,5)6/h13,20,22-23H,1,9-12,14H2,2-6H3/t20?,22-,23+/m0/s1. The fourth-order valence-corrected chi connectivity index (χ4v) is 4.36. The molecule has 1 saturated heterocycles. The van der Waals surface area contributed by atoms with Crippen LogP contribution < -0.4 is 0 Å². The van der Waals surface area contributed by atoms with Gasteiger partial charge in [-0.05, 0) is 44.8 Å². The highest BCUT2D eigenvalue weighted by Crippen LogP contribution is 2.49. The van der Waals surface area contributed by atoms with E-state index >= 15 is 0 Å². The molecule has 9 nitrogen and oxygen atoms in total. The van der Waals surface area contributed by atoms with Crippen molar-refractivity contribution in [3.05, 3.63) is 23.8 Å². The molecule has 186 valence electrons. The summed E-state index contributed by atoms with van der Waals surface area (Å²) in [5.74, 6) is 3.83. The Morgan fingerprint density at radius 3 is 2.26 bits per heavy atom. The third-order valence-corrected chi connectivity index (χ3v) is 5.77. The van der Waals surface area contributed by atoms with Crippen LogP contribution in [0.3, 0.4) is 0 Å². The van der Waals surface area contributed by atoms with Crippen molar-refractivity contribution in [2.24, 2.45) is 11.3 Å². The highest BCUT2D eigenvalue weighted by atomic mass is 16.6. The van der Waals surface area contributed by atoms with E-state index in [9.17, 15) is 24.9 Å². The summed E-state index contributed by atoms with van der Waals surface area (Å²) in [5, 5.41) is 20.3. The number of esters is 2. The van der Waals surface area contributed by atoms with Gasteiger partial charge in [-0.15, -0.1) is 0 Å². The van der Waals surface area contributed by atoms with Crippen LogP contribution in [-0.4, -0.2) is 53.8 Å². The number of nitriles is 2. The Morgan fingerprint density at radius 1 is 1.09 bits per heavy atom. The highest BCUT2D eigenvalue weighted by molar-refractivity contribution is 5.71. The van der Waals surface area contributed by atoms with Crippen LogP contribution in [-0.2, 0) is 23.8 Å². The summed E-state index contributed by atoms with van der Waals surface area (Å²) in [6, 6.07) is 3.44. The molecule has 9 heteroatoms. The number of ether oxygens (including phenoxy) is 3. The number of amides is 1. The Hall–Kier alpha value is -3.77. The van der Waals surface area contributed by atoms with Crippen molar-refractivity contribution in [3.63, 3.8) is 0 Å². The second-order valence-electron chi connectivity index (χ2n) is 9.58. The normalized spacial score (nSPS) is 20.8. The SMILES string of the molecule is C=C(COC(C)=O)[C@@H]1C(C(C#N)(C#N)CC#CCOC(C)=O)=CC2CC[C@@H]1N2C(=O)OC(C)(C)C. The molecule has 1 unspecified atom stereocenters. The molecule has 1 fully saturated rings. The molecule has 2 heterocycles. The zero-order valence-electron chi connectivity index (χ0n) is 20.8. The Balaban J connectivity index is 2.50. The fraction of sp³-hybridized carbons (Fsp3) is 0.577. The van der Waals surface area contributed by atoms with E-state index in [0.29, 0.717) is 24.0 Å². The topological polar surface area (TPSA) is 130 Å². The van der Waals surface area contributed by atoms with Gasteiger partial charge in [-0.3, -0.25) is 14.5 Å². The third-order valence-electron chi connectivity index (χ3n) is 5.77. The summed E-state index contributed by atoms with van der Waals surface area (Å²) >= 11 is 0. The van der Waals surface area contributed by atoms with Gasteiger partial charge in [0, 0.05) is 32.2 Å². The lowest BCUT2D eigenvalue weighted by Gasteiger charge is -2.43. The van der Waals surface area contributed by atoms with E-state index in [4.69, 9.17) is 14.2 Å². The minimum Gasteiger partial charge on any atom is -0.461 e. The summed E-state index contributed by atoms with van der Waals surface area (Å²) in [4.78, 5) is 37.1. The van der Waals surface area contributed by atoms with Gasteiger partial charge in [0.1, 0.15) is 12.2 Å². The lowest BCUT2D eigenvalue weighted by atomic mass is 9.68. The smallest absolute Gasteiger partial charge is 0.411 e. The van der Waals surface area contributed by atoms with E-state index in [1.54, 1.807) is 31.7 Å². The van der Waals surface area contributed by atoms with Gasteiger partial charge in [-0.1, -0.05) is 24.5 Å². The van der Waals surface area contributed by atoms with Gasteiger partial charge < -0.3 is 14.2 Å². The highest BCUT2D eigenvalue weighted by Gasteiger charge is 2.52. The molecule has 0 radical (unpaired) electrons. The van der Waals surface area contributed by atoms with Crippen molar-refractivity contribution in [1.82, 2.24) is 4.90 Å². The fourth-order valence-electron chi connectivity index (χ4n) is 4.36. The number of nitrogens with zero attached hydrogens (tertiary/aromatic N) is 3. The molecule has 35 heavy (non-hydrogen) atoms. The van der Waals surface area contributed by atoms with Crippen molar-refractivity contribution in [2.75, 3.05) is 13.2 Å². The Labute approximate surface area is 206 Å².